The van der Waals surface area contributed by atoms with E-state index in [4.69, 9.17) is 23.2 Å². The van der Waals surface area contributed by atoms with Gasteiger partial charge in [0.05, 0.1) is 16.3 Å². The Bertz CT molecular complexity index is 509. The van der Waals surface area contributed by atoms with Gasteiger partial charge in [-0.25, -0.2) is 5.43 Å². The standard InChI is InChI=1S/C12H11Cl2N3O2/c1-2-6-15-11(18)12(19)17-16-7-8-9(13)4-3-5-10(8)14/h2-5,7H,1,6H2,(H,15,18)(H,17,19)/b16-7-. The van der Waals surface area contributed by atoms with Crippen LogP contribution in [0.3, 0.4) is 0 Å². The van der Waals surface area contributed by atoms with Gasteiger partial charge in [0.1, 0.15) is 0 Å². The summed E-state index contributed by atoms with van der Waals surface area (Å²) in [5, 5.41) is 6.70. The van der Waals surface area contributed by atoms with Gasteiger partial charge in [-0.15, -0.1) is 6.58 Å². The average molecular weight is 300 g/mol. The number of benzene rings is 1. The summed E-state index contributed by atoms with van der Waals surface area (Å²) in [5.74, 6) is -1.69. The van der Waals surface area contributed by atoms with Crippen molar-refractivity contribution in [1.82, 2.24) is 10.7 Å². The second-order valence-electron chi connectivity index (χ2n) is 3.33. The molecule has 0 radical (unpaired) electrons. The number of hydrogen-bond donors (Lipinski definition) is 2. The lowest BCUT2D eigenvalue weighted by molar-refractivity contribution is -0.139. The van der Waals surface area contributed by atoms with Crippen molar-refractivity contribution in [2.75, 3.05) is 6.54 Å². The normalized spacial score (nSPS) is 10.2. The third kappa shape index (κ3) is 4.73. The first-order valence-corrected chi connectivity index (χ1v) is 5.98. The van der Waals surface area contributed by atoms with Crippen molar-refractivity contribution < 1.29 is 9.59 Å². The number of amides is 2. The van der Waals surface area contributed by atoms with Crippen LogP contribution in [0.15, 0.2) is 36.0 Å². The molecule has 7 heteroatoms. The lowest BCUT2D eigenvalue weighted by Gasteiger charge is -2.01. The van der Waals surface area contributed by atoms with Crippen molar-refractivity contribution in [1.29, 1.82) is 0 Å². The minimum atomic E-state index is -0.888. The van der Waals surface area contributed by atoms with Gasteiger partial charge >= 0.3 is 11.8 Å². The Hall–Kier alpha value is -1.85. The van der Waals surface area contributed by atoms with Crippen LogP contribution in [-0.2, 0) is 9.59 Å². The average Bonchev–Trinajstić information content (AvgIpc) is 2.39. The van der Waals surface area contributed by atoms with Gasteiger partial charge in [0.25, 0.3) is 0 Å². The lowest BCUT2D eigenvalue weighted by atomic mass is 10.2. The van der Waals surface area contributed by atoms with Crippen molar-refractivity contribution in [3.05, 3.63) is 46.5 Å². The molecule has 1 aromatic carbocycles. The molecule has 0 atom stereocenters. The van der Waals surface area contributed by atoms with Crippen LogP contribution in [0.4, 0.5) is 0 Å². The molecule has 5 nitrogen and oxygen atoms in total. The summed E-state index contributed by atoms with van der Waals surface area (Å²) in [6.07, 6.45) is 2.72. The first-order valence-electron chi connectivity index (χ1n) is 5.22. The fourth-order valence-corrected chi connectivity index (χ4v) is 1.58. The lowest BCUT2D eigenvalue weighted by Crippen LogP contribution is -2.37. The van der Waals surface area contributed by atoms with Crippen molar-refractivity contribution in [2.24, 2.45) is 5.10 Å². The van der Waals surface area contributed by atoms with E-state index in [2.05, 4.69) is 22.4 Å². The Labute approximate surface area is 120 Å². The van der Waals surface area contributed by atoms with Crippen LogP contribution in [0.1, 0.15) is 5.56 Å². The Morgan fingerprint density at radius 3 is 2.47 bits per heavy atom. The molecule has 0 aliphatic heterocycles. The van der Waals surface area contributed by atoms with E-state index in [0.717, 1.165) is 0 Å². The van der Waals surface area contributed by atoms with Crippen LogP contribution < -0.4 is 10.7 Å². The van der Waals surface area contributed by atoms with E-state index < -0.39 is 11.8 Å². The van der Waals surface area contributed by atoms with Crippen LogP contribution in [0.25, 0.3) is 0 Å². The highest BCUT2D eigenvalue weighted by Gasteiger charge is 2.10. The number of hydrazone groups is 1. The van der Waals surface area contributed by atoms with E-state index in [1.165, 1.54) is 12.3 Å². The summed E-state index contributed by atoms with van der Waals surface area (Å²) in [5.41, 5.74) is 2.52. The Morgan fingerprint density at radius 2 is 1.89 bits per heavy atom. The number of hydrogen-bond acceptors (Lipinski definition) is 3. The largest absolute Gasteiger partial charge is 0.344 e. The minimum absolute atomic E-state index is 0.201. The summed E-state index contributed by atoms with van der Waals surface area (Å²) in [6.45, 7) is 3.61. The molecule has 0 aliphatic rings. The SMILES string of the molecule is C=CCNC(=O)C(=O)N/N=C\c1c(Cl)cccc1Cl. The number of nitrogens with one attached hydrogen (secondary N) is 2. The predicted octanol–water partition coefficient (Wildman–Crippen LogP) is 1.75. The molecule has 2 amide bonds. The van der Waals surface area contributed by atoms with Crippen molar-refractivity contribution in [2.45, 2.75) is 0 Å². The van der Waals surface area contributed by atoms with E-state index in [9.17, 15) is 9.59 Å². The number of rotatable bonds is 4. The Morgan fingerprint density at radius 1 is 1.26 bits per heavy atom. The van der Waals surface area contributed by atoms with Gasteiger partial charge in [-0.3, -0.25) is 9.59 Å². The second kappa shape index (κ2) is 7.56. The molecule has 0 heterocycles. The zero-order valence-electron chi connectivity index (χ0n) is 9.82. The highest BCUT2D eigenvalue weighted by Crippen LogP contribution is 2.21. The van der Waals surface area contributed by atoms with Gasteiger partial charge in [-0.2, -0.15) is 5.10 Å². The highest BCUT2D eigenvalue weighted by molar-refractivity contribution is 6.38. The molecular weight excluding hydrogens is 289 g/mol. The van der Waals surface area contributed by atoms with Gasteiger partial charge < -0.3 is 5.32 Å². The molecule has 0 saturated carbocycles. The first kappa shape index (κ1) is 15.2. The number of carbonyl (C=O) groups excluding carboxylic acids is 2. The number of halogens is 2. The molecule has 0 bridgehead atoms. The maximum absolute atomic E-state index is 11.3. The molecule has 0 saturated heterocycles. The molecular formula is C12H11Cl2N3O2. The van der Waals surface area contributed by atoms with Crippen LogP contribution in [0.2, 0.25) is 10.0 Å². The molecule has 0 fully saturated rings. The first-order chi connectivity index (χ1) is 9.06. The Balaban J connectivity index is 2.61. The number of carbonyl (C=O) groups is 2. The van der Waals surface area contributed by atoms with Crippen LogP contribution in [0, 0.1) is 0 Å². The second-order valence-corrected chi connectivity index (χ2v) is 4.15. The van der Waals surface area contributed by atoms with E-state index in [-0.39, 0.29) is 6.54 Å². The van der Waals surface area contributed by atoms with Crippen molar-refractivity contribution >= 4 is 41.2 Å². The highest BCUT2D eigenvalue weighted by atomic mass is 35.5. The van der Waals surface area contributed by atoms with Gasteiger partial charge in [0.15, 0.2) is 0 Å². The minimum Gasteiger partial charge on any atom is -0.344 e. The smallest absolute Gasteiger partial charge is 0.329 e. The maximum atomic E-state index is 11.3. The quantitative estimate of drug-likeness (QED) is 0.385. The zero-order valence-corrected chi connectivity index (χ0v) is 11.3. The van der Waals surface area contributed by atoms with E-state index >= 15 is 0 Å². The third-order valence-electron chi connectivity index (χ3n) is 1.97. The topological polar surface area (TPSA) is 70.6 Å². The summed E-state index contributed by atoms with van der Waals surface area (Å²) in [6, 6.07) is 4.95. The molecule has 100 valence electrons. The van der Waals surface area contributed by atoms with Crippen molar-refractivity contribution in [3.63, 3.8) is 0 Å². The molecule has 0 spiro atoms. The Kier molecular flexibility index (Phi) is 6.05. The monoisotopic (exact) mass is 299 g/mol. The molecule has 2 N–H and O–H groups in total. The van der Waals surface area contributed by atoms with Gasteiger partial charge in [-0.05, 0) is 12.1 Å². The van der Waals surface area contributed by atoms with Crippen LogP contribution >= 0.6 is 23.2 Å². The molecule has 19 heavy (non-hydrogen) atoms. The zero-order chi connectivity index (χ0) is 14.3. The molecule has 1 rings (SSSR count). The van der Waals surface area contributed by atoms with Gasteiger partial charge in [0, 0.05) is 12.1 Å². The van der Waals surface area contributed by atoms with Crippen molar-refractivity contribution in [3.8, 4) is 0 Å². The van der Waals surface area contributed by atoms with Gasteiger partial charge in [0.2, 0.25) is 0 Å². The van der Waals surface area contributed by atoms with Crippen LogP contribution in [0.5, 0.6) is 0 Å². The maximum Gasteiger partial charge on any atom is 0.329 e. The molecule has 0 aromatic heterocycles. The number of nitrogens with zero attached hydrogens (tertiary/aromatic N) is 1. The summed E-state index contributed by atoms with van der Waals surface area (Å²) in [7, 11) is 0. The molecule has 1 aromatic rings. The van der Waals surface area contributed by atoms with Crippen LogP contribution in [-0.4, -0.2) is 24.6 Å². The predicted molar refractivity (Wildman–Crippen MR) is 75.4 cm³/mol. The summed E-state index contributed by atoms with van der Waals surface area (Å²) < 4.78 is 0. The summed E-state index contributed by atoms with van der Waals surface area (Å²) in [4.78, 5) is 22.5. The third-order valence-corrected chi connectivity index (χ3v) is 2.63. The molecule has 0 aliphatic carbocycles. The summed E-state index contributed by atoms with van der Waals surface area (Å²) >= 11 is 11.8. The van der Waals surface area contributed by atoms with E-state index in [1.807, 2.05) is 0 Å². The fraction of sp³-hybridized carbons (Fsp3) is 0.0833. The fourth-order valence-electron chi connectivity index (χ4n) is 1.09. The molecule has 0 unspecified atom stereocenters. The van der Waals surface area contributed by atoms with E-state index in [0.29, 0.717) is 15.6 Å². The van der Waals surface area contributed by atoms with E-state index in [1.54, 1.807) is 18.2 Å². The van der Waals surface area contributed by atoms with Gasteiger partial charge in [-0.1, -0.05) is 35.3 Å².